The molecule has 1 aromatic carbocycles. The lowest BCUT2D eigenvalue weighted by molar-refractivity contribution is 0.926. The lowest BCUT2D eigenvalue weighted by Crippen LogP contribution is -2.06. The molecule has 0 aliphatic carbocycles. The van der Waals surface area contributed by atoms with Crippen LogP contribution in [0.4, 0.5) is 5.82 Å². The molecule has 6 heteroatoms. The summed E-state index contributed by atoms with van der Waals surface area (Å²) in [4.78, 5) is 13.4. The van der Waals surface area contributed by atoms with Crippen molar-refractivity contribution in [3.05, 3.63) is 84.9 Å². The molecule has 0 atom stereocenters. The van der Waals surface area contributed by atoms with Gasteiger partial charge in [0.2, 0.25) is 0 Å². The van der Waals surface area contributed by atoms with Gasteiger partial charge in [0.05, 0.1) is 17.4 Å². The van der Waals surface area contributed by atoms with Gasteiger partial charge >= 0.3 is 0 Å². The topological polar surface area (TPSA) is 68.0 Å². The van der Waals surface area contributed by atoms with Crippen molar-refractivity contribution in [2.45, 2.75) is 6.54 Å². The van der Waals surface area contributed by atoms with Crippen molar-refractivity contribution < 1.29 is 0 Å². The minimum atomic E-state index is 0.677. The minimum absolute atomic E-state index is 0.677. The van der Waals surface area contributed by atoms with Crippen LogP contribution in [0, 0.1) is 0 Å². The van der Waals surface area contributed by atoms with Crippen LogP contribution in [-0.4, -0.2) is 24.6 Å². The van der Waals surface area contributed by atoms with Crippen LogP contribution < -0.4 is 5.32 Å². The van der Waals surface area contributed by atoms with E-state index in [1.54, 1.807) is 23.1 Å². The monoisotopic (exact) mass is 352 g/mol. The molecular formula is C21H16N6. The first-order chi connectivity index (χ1) is 13.4. The smallest absolute Gasteiger partial charge is 0.157 e. The van der Waals surface area contributed by atoms with E-state index in [1.165, 1.54) is 0 Å². The van der Waals surface area contributed by atoms with Gasteiger partial charge in [0.15, 0.2) is 5.65 Å². The molecule has 4 aromatic heterocycles. The van der Waals surface area contributed by atoms with Crippen LogP contribution in [-0.2, 0) is 6.54 Å². The Balaban J connectivity index is 1.56. The highest BCUT2D eigenvalue weighted by molar-refractivity contribution is 5.83. The standard InChI is InChI=1S/C21H16N6/c1-2-4-18-16(3-1)11-17(14-23-18)19-12-21(27-20(26-19)7-10-25-27)24-13-15-5-8-22-9-6-15/h1-12,14,24H,13H2. The van der Waals surface area contributed by atoms with E-state index in [0.717, 1.165) is 39.2 Å². The Kier molecular flexibility index (Phi) is 3.72. The molecule has 5 aromatic rings. The van der Waals surface area contributed by atoms with Crippen molar-refractivity contribution in [1.29, 1.82) is 0 Å². The van der Waals surface area contributed by atoms with Gasteiger partial charge in [-0.05, 0) is 29.8 Å². The Bertz CT molecular complexity index is 1230. The first-order valence-corrected chi connectivity index (χ1v) is 8.69. The number of para-hydroxylation sites is 1. The molecule has 0 aliphatic rings. The predicted octanol–water partition coefficient (Wildman–Crippen LogP) is 3.95. The van der Waals surface area contributed by atoms with Crippen LogP contribution in [0.2, 0.25) is 0 Å². The van der Waals surface area contributed by atoms with Crippen molar-refractivity contribution in [3.8, 4) is 11.3 Å². The zero-order chi connectivity index (χ0) is 18.1. The summed E-state index contributed by atoms with van der Waals surface area (Å²) in [5, 5.41) is 8.92. The summed E-state index contributed by atoms with van der Waals surface area (Å²) in [5.74, 6) is 0.880. The van der Waals surface area contributed by atoms with Crippen LogP contribution in [0.3, 0.4) is 0 Å². The normalized spacial score (nSPS) is 11.1. The number of anilines is 1. The van der Waals surface area contributed by atoms with Gasteiger partial charge in [0, 0.05) is 48.2 Å². The molecule has 0 fully saturated rings. The van der Waals surface area contributed by atoms with Gasteiger partial charge in [-0.3, -0.25) is 9.97 Å². The number of nitrogens with one attached hydrogen (secondary N) is 1. The first-order valence-electron chi connectivity index (χ1n) is 8.69. The van der Waals surface area contributed by atoms with Gasteiger partial charge in [-0.1, -0.05) is 18.2 Å². The van der Waals surface area contributed by atoms with Gasteiger partial charge in [-0.25, -0.2) is 4.98 Å². The van der Waals surface area contributed by atoms with Crippen molar-refractivity contribution in [3.63, 3.8) is 0 Å². The molecule has 0 saturated carbocycles. The Morgan fingerprint density at radius 3 is 2.74 bits per heavy atom. The van der Waals surface area contributed by atoms with E-state index in [0.29, 0.717) is 6.54 Å². The van der Waals surface area contributed by atoms with Crippen LogP contribution in [0.25, 0.3) is 27.8 Å². The number of fused-ring (bicyclic) bond motifs is 2. The fourth-order valence-corrected chi connectivity index (χ4v) is 3.09. The van der Waals surface area contributed by atoms with Crippen molar-refractivity contribution in [1.82, 2.24) is 24.6 Å². The van der Waals surface area contributed by atoms with Crippen LogP contribution >= 0.6 is 0 Å². The molecular weight excluding hydrogens is 336 g/mol. The Labute approximate surface area is 155 Å². The van der Waals surface area contributed by atoms with Crippen LogP contribution in [0.15, 0.2) is 79.4 Å². The Morgan fingerprint density at radius 1 is 0.926 bits per heavy atom. The predicted molar refractivity (Wildman–Crippen MR) is 105 cm³/mol. The molecule has 0 unspecified atom stereocenters. The maximum absolute atomic E-state index is 4.74. The zero-order valence-corrected chi connectivity index (χ0v) is 14.4. The molecule has 4 heterocycles. The van der Waals surface area contributed by atoms with E-state index in [2.05, 4.69) is 32.5 Å². The molecule has 1 N–H and O–H groups in total. The third-order valence-electron chi connectivity index (χ3n) is 4.47. The fraction of sp³-hybridized carbons (Fsp3) is 0.0476. The molecule has 0 amide bonds. The SMILES string of the molecule is c1ccc2ncc(-c3cc(NCc4ccncc4)n4nccc4n3)cc2c1. The summed E-state index contributed by atoms with van der Waals surface area (Å²) in [6.45, 7) is 0.677. The summed E-state index contributed by atoms with van der Waals surface area (Å²) < 4.78 is 1.80. The summed E-state index contributed by atoms with van der Waals surface area (Å²) in [6.07, 6.45) is 7.20. The highest BCUT2D eigenvalue weighted by Crippen LogP contribution is 2.24. The minimum Gasteiger partial charge on any atom is -0.366 e. The summed E-state index contributed by atoms with van der Waals surface area (Å²) in [7, 11) is 0. The molecule has 6 nitrogen and oxygen atoms in total. The summed E-state index contributed by atoms with van der Waals surface area (Å²) in [5.41, 5.74) is 4.75. The number of hydrogen-bond acceptors (Lipinski definition) is 5. The summed E-state index contributed by atoms with van der Waals surface area (Å²) >= 11 is 0. The van der Waals surface area contributed by atoms with Gasteiger partial charge in [-0.15, -0.1) is 0 Å². The Hall–Kier alpha value is -3.80. The second kappa shape index (κ2) is 6.49. The number of rotatable bonds is 4. The lowest BCUT2D eigenvalue weighted by Gasteiger charge is -2.11. The van der Waals surface area contributed by atoms with E-state index in [1.807, 2.05) is 48.7 Å². The number of pyridine rings is 2. The van der Waals surface area contributed by atoms with Gasteiger partial charge < -0.3 is 5.32 Å². The zero-order valence-electron chi connectivity index (χ0n) is 14.4. The van der Waals surface area contributed by atoms with Gasteiger partial charge in [-0.2, -0.15) is 9.61 Å². The quantitative estimate of drug-likeness (QED) is 0.530. The second-order valence-electron chi connectivity index (χ2n) is 6.25. The third-order valence-corrected chi connectivity index (χ3v) is 4.47. The highest BCUT2D eigenvalue weighted by Gasteiger charge is 2.09. The van der Waals surface area contributed by atoms with E-state index in [4.69, 9.17) is 4.98 Å². The number of aromatic nitrogens is 5. The summed E-state index contributed by atoms with van der Waals surface area (Å²) in [6, 6.07) is 18.1. The second-order valence-corrected chi connectivity index (χ2v) is 6.25. The molecule has 0 bridgehead atoms. The Morgan fingerprint density at radius 2 is 1.81 bits per heavy atom. The van der Waals surface area contributed by atoms with E-state index >= 15 is 0 Å². The number of hydrogen-bond donors (Lipinski definition) is 1. The molecule has 0 radical (unpaired) electrons. The van der Waals surface area contributed by atoms with E-state index in [-0.39, 0.29) is 0 Å². The molecule has 0 saturated heterocycles. The largest absolute Gasteiger partial charge is 0.366 e. The number of benzene rings is 1. The fourth-order valence-electron chi connectivity index (χ4n) is 3.09. The maximum atomic E-state index is 4.74. The average molecular weight is 352 g/mol. The van der Waals surface area contributed by atoms with Gasteiger partial charge in [0.1, 0.15) is 5.82 Å². The molecule has 5 rings (SSSR count). The number of nitrogens with zero attached hydrogens (tertiary/aromatic N) is 5. The molecule has 0 spiro atoms. The third kappa shape index (κ3) is 2.97. The maximum Gasteiger partial charge on any atom is 0.157 e. The van der Waals surface area contributed by atoms with Crippen LogP contribution in [0.1, 0.15) is 5.56 Å². The van der Waals surface area contributed by atoms with Crippen molar-refractivity contribution in [2.24, 2.45) is 0 Å². The van der Waals surface area contributed by atoms with E-state index in [9.17, 15) is 0 Å². The van der Waals surface area contributed by atoms with Crippen molar-refractivity contribution >= 4 is 22.4 Å². The van der Waals surface area contributed by atoms with Gasteiger partial charge in [0.25, 0.3) is 0 Å². The lowest BCUT2D eigenvalue weighted by atomic mass is 10.1. The molecule has 0 aliphatic heterocycles. The van der Waals surface area contributed by atoms with Crippen LogP contribution in [0.5, 0.6) is 0 Å². The highest BCUT2D eigenvalue weighted by atomic mass is 15.3. The van der Waals surface area contributed by atoms with E-state index < -0.39 is 0 Å². The van der Waals surface area contributed by atoms with Crippen molar-refractivity contribution in [2.75, 3.05) is 5.32 Å². The molecule has 27 heavy (non-hydrogen) atoms. The average Bonchev–Trinajstić information content (AvgIpc) is 3.21. The molecule has 130 valence electrons. The first kappa shape index (κ1) is 15.5.